The number of halogens is 1. The number of rotatable bonds is 7. The number of aryl methyl sites for hydroxylation is 2. The zero-order valence-corrected chi connectivity index (χ0v) is 20.1. The van der Waals surface area contributed by atoms with Crippen molar-refractivity contribution in [1.29, 1.82) is 0 Å². The van der Waals surface area contributed by atoms with Crippen molar-refractivity contribution in [2.45, 2.75) is 20.4 Å². The summed E-state index contributed by atoms with van der Waals surface area (Å²) in [6.45, 7) is 3.61. The van der Waals surface area contributed by atoms with Crippen molar-refractivity contribution >= 4 is 26.7 Å². The number of benzene rings is 2. The molecular weight excluding hydrogens is 459 g/mol. The largest absolute Gasteiger partial charge is 0.468 e. The van der Waals surface area contributed by atoms with Crippen LogP contribution in [0.4, 0.5) is 10.1 Å². The second kappa shape index (κ2) is 8.94. The van der Waals surface area contributed by atoms with Crippen molar-refractivity contribution in [1.82, 2.24) is 14.1 Å². The summed E-state index contributed by atoms with van der Waals surface area (Å²) in [6, 6.07) is 11.7. The Kier molecular flexibility index (Phi) is 6.18. The van der Waals surface area contributed by atoms with Crippen LogP contribution in [0.5, 0.6) is 6.01 Å². The summed E-state index contributed by atoms with van der Waals surface area (Å²) < 4.78 is 49.7. The second-order valence-corrected chi connectivity index (χ2v) is 10.0. The van der Waals surface area contributed by atoms with Gasteiger partial charge in [0.1, 0.15) is 11.3 Å². The van der Waals surface area contributed by atoms with Crippen LogP contribution in [0, 0.1) is 12.7 Å². The molecule has 0 bridgehead atoms. The number of anilines is 1. The van der Waals surface area contributed by atoms with Crippen molar-refractivity contribution in [3.05, 3.63) is 76.0 Å². The van der Waals surface area contributed by atoms with Crippen molar-refractivity contribution < 1.29 is 17.5 Å². The fraction of sp³-hybridized carbons (Fsp3) is 0.250. The molecule has 0 aliphatic carbocycles. The summed E-state index contributed by atoms with van der Waals surface area (Å²) in [5.41, 5.74) is 4.05. The number of ether oxygens (including phenoxy) is 1. The Morgan fingerprint density at radius 3 is 2.44 bits per heavy atom. The number of imidazole rings is 1. The Morgan fingerprint density at radius 2 is 1.82 bits per heavy atom. The first-order valence-electron chi connectivity index (χ1n) is 10.6. The van der Waals surface area contributed by atoms with Crippen LogP contribution >= 0.6 is 0 Å². The van der Waals surface area contributed by atoms with E-state index in [1.54, 1.807) is 55.9 Å². The van der Waals surface area contributed by atoms with E-state index in [1.807, 2.05) is 6.07 Å². The van der Waals surface area contributed by atoms with E-state index in [0.29, 0.717) is 34.4 Å². The molecule has 4 aromatic rings. The standard InChI is InChI=1S/C24H25FN4O4S/c1-5-34(31,32)27-20-11-17(18-10-15(2)23(30)28(3)14-18)12-21-22(20)26-24(33-4)29(21)13-16-6-8-19(25)9-7-16/h6-12,14,27H,5,13H2,1-4H3. The molecule has 2 aromatic carbocycles. The van der Waals surface area contributed by atoms with Gasteiger partial charge in [-0.2, -0.15) is 4.98 Å². The molecule has 2 heterocycles. The number of aromatic nitrogens is 3. The zero-order valence-electron chi connectivity index (χ0n) is 19.3. The molecule has 2 aromatic heterocycles. The average molecular weight is 485 g/mol. The van der Waals surface area contributed by atoms with E-state index in [0.717, 1.165) is 11.1 Å². The van der Waals surface area contributed by atoms with Gasteiger partial charge in [-0.05, 0) is 60.9 Å². The first kappa shape index (κ1) is 23.5. The molecule has 0 aliphatic heterocycles. The molecule has 0 saturated carbocycles. The molecule has 34 heavy (non-hydrogen) atoms. The first-order chi connectivity index (χ1) is 16.1. The van der Waals surface area contributed by atoms with E-state index in [-0.39, 0.29) is 23.1 Å². The lowest BCUT2D eigenvalue weighted by atomic mass is 10.0. The topological polar surface area (TPSA) is 95.2 Å². The van der Waals surface area contributed by atoms with Gasteiger partial charge >= 0.3 is 0 Å². The third-order valence-electron chi connectivity index (χ3n) is 5.60. The highest BCUT2D eigenvalue weighted by molar-refractivity contribution is 7.92. The molecule has 10 heteroatoms. The van der Waals surface area contributed by atoms with E-state index < -0.39 is 10.0 Å². The molecule has 0 radical (unpaired) electrons. The Morgan fingerprint density at radius 1 is 1.12 bits per heavy atom. The molecule has 0 atom stereocenters. The molecule has 0 amide bonds. The highest BCUT2D eigenvalue weighted by Crippen LogP contribution is 2.34. The molecule has 178 valence electrons. The molecule has 8 nitrogen and oxygen atoms in total. The molecule has 0 spiro atoms. The SMILES string of the molecule is CCS(=O)(=O)Nc1cc(-c2cc(C)c(=O)n(C)c2)cc2c1nc(OC)n2Cc1ccc(F)cc1. The minimum atomic E-state index is -3.60. The van der Waals surface area contributed by atoms with Crippen LogP contribution < -0.4 is 15.0 Å². The lowest BCUT2D eigenvalue weighted by molar-refractivity contribution is 0.364. The van der Waals surface area contributed by atoms with Gasteiger partial charge in [0.25, 0.3) is 11.6 Å². The van der Waals surface area contributed by atoms with Crippen molar-refractivity contribution in [2.75, 3.05) is 17.6 Å². The van der Waals surface area contributed by atoms with Gasteiger partial charge in [-0.15, -0.1) is 0 Å². The van der Waals surface area contributed by atoms with Gasteiger partial charge < -0.3 is 9.30 Å². The quantitative estimate of drug-likeness (QED) is 0.432. The molecule has 0 unspecified atom stereocenters. The highest BCUT2D eigenvalue weighted by atomic mass is 32.2. The minimum Gasteiger partial charge on any atom is -0.468 e. The lowest BCUT2D eigenvalue weighted by Crippen LogP contribution is -2.18. The monoisotopic (exact) mass is 484 g/mol. The van der Waals surface area contributed by atoms with Crippen LogP contribution in [-0.4, -0.2) is 35.4 Å². The van der Waals surface area contributed by atoms with Crippen molar-refractivity contribution in [3.8, 4) is 17.1 Å². The fourth-order valence-corrected chi connectivity index (χ4v) is 4.44. The third-order valence-corrected chi connectivity index (χ3v) is 6.89. The maximum absolute atomic E-state index is 13.4. The summed E-state index contributed by atoms with van der Waals surface area (Å²) in [6.07, 6.45) is 1.70. The predicted octanol–water partition coefficient (Wildman–Crippen LogP) is 3.67. The molecular formula is C24H25FN4O4S. The third kappa shape index (κ3) is 4.54. The Bertz CT molecular complexity index is 1510. The average Bonchev–Trinajstić information content (AvgIpc) is 3.16. The number of fused-ring (bicyclic) bond motifs is 1. The Labute approximate surface area is 196 Å². The maximum Gasteiger partial charge on any atom is 0.297 e. The van der Waals surface area contributed by atoms with E-state index >= 15 is 0 Å². The Balaban J connectivity index is 1.98. The van der Waals surface area contributed by atoms with Gasteiger partial charge in [0.2, 0.25) is 10.0 Å². The number of nitrogens with zero attached hydrogens (tertiary/aromatic N) is 3. The van der Waals surface area contributed by atoms with Crippen LogP contribution in [0.2, 0.25) is 0 Å². The fourth-order valence-electron chi connectivity index (χ4n) is 3.80. The summed E-state index contributed by atoms with van der Waals surface area (Å²) in [7, 11) is -0.449. The Hall–Kier alpha value is -3.66. The number of nitrogens with one attached hydrogen (secondary N) is 1. The van der Waals surface area contributed by atoms with Crippen LogP contribution in [0.3, 0.4) is 0 Å². The molecule has 4 rings (SSSR count). The van der Waals surface area contributed by atoms with Gasteiger partial charge in [0.05, 0.1) is 30.6 Å². The number of hydrogen-bond acceptors (Lipinski definition) is 5. The van der Waals surface area contributed by atoms with Crippen LogP contribution in [0.15, 0.2) is 53.5 Å². The van der Waals surface area contributed by atoms with Crippen LogP contribution in [0.25, 0.3) is 22.2 Å². The van der Waals surface area contributed by atoms with E-state index in [1.165, 1.54) is 23.8 Å². The van der Waals surface area contributed by atoms with Crippen LogP contribution in [0.1, 0.15) is 18.1 Å². The molecule has 0 fully saturated rings. The van der Waals surface area contributed by atoms with E-state index in [9.17, 15) is 17.6 Å². The van der Waals surface area contributed by atoms with Gasteiger partial charge in [0.15, 0.2) is 0 Å². The number of pyridine rings is 1. The molecule has 1 N–H and O–H groups in total. The smallest absolute Gasteiger partial charge is 0.297 e. The zero-order chi connectivity index (χ0) is 24.6. The predicted molar refractivity (Wildman–Crippen MR) is 130 cm³/mol. The summed E-state index contributed by atoms with van der Waals surface area (Å²) >= 11 is 0. The normalized spacial score (nSPS) is 11.7. The van der Waals surface area contributed by atoms with Gasteiger partial charge in [0, 0.05) is 18.8 Å². The highest BCUT2D eigenvalue weighted by Gasteiger charge is 2.20. The van der Waals surface area contributed by atoms with Gasteiger partial charge in [-0.25, -0.2) is 12.8 Å². The van der Waals surface area contributed by atoms with Crippen LogP contribution in [-0.2, 0) is 23.6 Å². The number of methoxy groups -OCH3 is 1. The molecule has 0 aliphatic rings. The van der Waals surface area contributed by atoms with E-state index in [4.69, 9.17) is 4.74 Å². The lowest BCUT2D eigenvalue weighted by Gasteiger charge is -2.13. The molecule has 0 saturated heterocycles. The van der Waals surface area contributed by atoms with Gasteiger partial charge in [-0.1, -0.05) is 12.1 Å². The number of hydrogen-bond donors (Lipinski definition) is 1. The van der Waals surface area contributed by atoms with Crippen molar-refractivity contribution in [3.63, 3.8) is 0 Å². The first-order valence-corrected chi connectivity index (χ1v) is 12.3. The van der Waals surface area contributed by atoms with Crippen molar-refractivity contribution in [2.24, 2.45) is 7.05 Å². The summed E-state index contributed by atoms with van der Waals surface area (Å²) in [5.74, 6) is -0.444. The minimum absolute atomic E-state index is 0.106. The van der Waals surface area contributed by atoms with E-state index in [2.05, 4.69) is 9.71 Å². The second-order valence-electron chi connectivity index (χ2n) is 8.04. The van der Waals surface area contributed by atoms with Gasteiger partial charge in [-0.3, -0.25) is 14.1 Å². The maximum atomic E-state index is 13.4. The number of sulfonamides is 1. The summed E-state index contributed by atoms with van der Waals surface area (Å²) in [5, 5.41) is 0. The summed E-state index contributed by atoms with van der Waals surface area (Å²) in [4.78, 5) is 16.7.